The summed E-state index contributed by atoms with van der Waals surface area (Å²) in [6.07, 6.45) is -12.3. The fourth-order valence-corrected chi connectivity index (χ4v) is 2.48. The fourth-order valence-electron chi connectivity index (χ4n) is 2.48. The van der Waals surface area contributed by atoms with Crippen molar-refractivity contribution in [3.05, 3.63) is 65.2 Å². The third-order valence-corrected chi connectivity index (χ3v) is 3.99. The highest BCUT2D eigenvalue weighted by molar-refractivity contribution is 5.40. The molecule has 1 atom stereocenters. The third kappa shape index (κ3) is 3.65. The van der Waals surface area contributed by atoms with E-state index in [0.717, 1.165) is 11.6 Å². The standard InChI is InChI=1S/C18H16F6O2/c1-11-10-14(16(25,17(19,20)21)18(22,23)24)8-9-15(11)26-12(2)13-6-4-3-5-7-13/h3-10,12,25H,1-2H3. The molecule has 26 heavy (non-hydrogen) atoms. The Balaban J connectivity index is 2.37. The molecule has 0 bridgehead atoms. The lowest BCUT2D eigenvalue weighted by atomic mass is 9.91. The van der Waals surface area contributed by atoms with Crippen molar-refractivity contribution in [1.29, 1.82) is 0 Å². The van der Waals surface area contributed by atoms with Crippen molar-refractivity contribution >= 4 is 0 Å². The maximum absolute atomic E-state index is 12.9. The topological polar surface area (TPSA) is 29.5 Å². The number of aliphatic hydroxyl groups is 1. The molecular formula is C18H16F6O2. The molecule has 0 saturated heterocycles. The average molecular weight is 378 g/mol. The summed E-state index contributed by atoms with van der Waals surface area (Å²) in [6, 6.07) is 11.1. The van der Waals surface area contributed by atoms with Gasteiger partial charge in [0.25, 0.3) is 5.60 Å². The highest BCUT2D eigenvalue weighted by atomic mass is 19.4. The number of alkyl halides is 6. The molecule has 0 saturated carbocycles. The molecule has 8 heteroatoms. The SMILES string of the molecule is Cc1cc(C(O)(C(F)(F)F)C(F)(F)F)ccc1OC(C)c1ccccc1. The zero-order valence-electron chi connectivity index (χ0n) is 13.8. The van der Waals surface area contributed by atoms with E-state index < -0.39 is 29.6 Å². The van der Waals surface area contributed by atoms with Crippen LogP contribution in [0.1, 0.15) is 29.7 Å². The summed E-state index contributed by atoms with van der Waals surface area (Å²) in [5.74, 6) is 0.122. The van der Waals surface area contributed by atoms with Crippen LogP contribution >= 0.6 is 0 Å². The maximum Gasteiger partial charge on any atom is 0.430 e. The third-order valence-electron chi connectivity index (χ3n) is 3.99. The van der Waals surface area contributed by atoms with Crippen molar-refractivity contribution in [2.24, 2.45) is 0 Å². The summed E-state index contributed by atoms with van der Waals surface area (Å²) in [5.41, 5.74) is -5.43. The van der Waals surface area contributed by atoms with Crippen LogP contribution in [0, 0.1) is 6.92 Å². The average Bonchev–Trinajstić information content (AvgIpc) is 2.54. The second-order valence-corrected chi connectivity index (χ2v) is 5.86. The highest BCUT2D eigenvalue weighted by Crippen LogP contribution is 2.50. The number of hydrogen-bond acceptors (Lipinski definition) is 2. The van der Waals surface area contributed by atoms with Gasteiger partial charge in [-0.05, 0) is 37.1 Å². The van der Waals surface area contributed by atoms with Crippen molar-refractivity contribution in [3.8, 4) is 5.75 Å². The normalized spacial score (nSPS) is 14.2. The molecule has 0 aliphatic rings. The Hall–Kier alpha value is -2.22. The largest absolute Gasteiger partial charge is 0.486 e. The predicted octanol–water partition coefficient (Wildman–Crippen LogP) is 5.45. The Labute approximate surface area is 146 Å². The van der Waals surface area contributed by atoms with Gasteiger partial charge >= 0.3 is 12.4 Å². The Morgan fingerprint density at radius 1 is 0.885 bits per heavy atom. The van der Waals surface area contributed by atoms with Crippen LogP contribution in [-0.4, -0.2) is 17.5 Å². The summed E-state index contributed by atoms with van der Waals surface area (Å²) in [6.45, 7) is 3.01. The summed E-state index contributed by atoms with van der Waals surface area (Å²) >= 11 is 0. The van der Waals surface area contributed by atoms with E-state index in [1.165, 1.54) is 6.92 Å². The fraction of sp³-hybridized carbons (Fsp3) is 0.333. The zero-order valence-corrected chi connectivity index (χ0v) is 13.8. The van der Waals surface area contributed by atoms with Gasteiger partial charge < -0.3 is 9.84 Å². The molecular weight excluding hydrogens is 362 g/mol. The minimum absolute atomic E-state index is 0.0391. The number of hydrogen-bond donors (Lipinski definition) is 1. The first-order valence-electron chi connectivity index (χ1n) is 7.56. The second kappa shape index (κ2) is 6.83. The van der Waals surface area contributed by atoms with Gasteiger partial charge in [0, 0.05) is 5.56 Å². The quantitative estimate of drug-likeness (QED) is 0.717. The molecule has 0 heterocycles. The van der Waals surface area contributed by atoms with Crippen molar-refractivity contribution in [3.63, 3.8) is 0 Å². The van der Waals surface area contributed by atoms with Gasteiger partial charge in [-0.2, -0.15) is 26.3 Å². The van der Waals surface area contributed by atoms with Crippen molar-refractivity contribution < 1.29 is 36.2 Å². The number of ether oxygens (including phenoxy) is 1. The van der Waals surface area contributed by atoms with Crippen LogP contribution in [-0.2, 0) is 5.60 Å². The summed E-state index contributed by atoms with van der Waals surface area (Å²) < 4.78 is 83.3. The van der Waals surface area contributed by atoms with Gasteiger partial charge in [0.05, 0.1) is 0 Å². The molecule has 2 nitrogen and oxygen atoms in total. The Morgan fingerprint density at radius 2 is 1.42 bits per heavy atom. The van der Waals surface area contributed by atoms with E-state index >= 15 is 0 Å². The van der Waals surface area contributed by atoms with Crippen LogP contribution in [0.4, 0.5) is 26.3 Å². The number of halogens is 6. The van der Waals surface area contributed by atoms with E-state index in [4.69, 9.17) is 4.74 Å². The number of benzene rings is 2. The first kappa shape index (κ1) is 20.1. The van der Waals surface area contributed by atoms with E-state index in [2.05, 4.69) is 0 Å². The minimum atomic E-state index is -5.92. The van der Waals surface area contributed by atoms with Gasteiger partial charge in [-0.1, -0.05) is 36.4 Å². The lowest BCUT2D eigenvalue weighted by Crippen LogP contribution is -2.53. The maximum atomic E-state index is 12.9. The molecule has 1 N–H and O–H groups in total. The monoisotopic (exact) mass is 378 g/mol. The highest BCUT2D eigenvalue weighted by Gasteiger charge is 2.71. The van der Waals surface area contributed by atoms with Gasteiger partial charge in [-0.25, -0.2) is 0 Å². The van der Waals surface area contributed by atoms with Crippen LogP contribution in [0.3, 0.4) is 0 Å². The minimum Gasteiger partial charge on any atom is -0.486 e. The van der Waals surface area contributed by atoms with Gasteiger partial charge in [0.1, 0.15) is 11.9 Å². The van der Waals surface area contributed by atoms with E-state index in [9.17, 15) is 31.4 Å². The van der Waals surface area contributed by atoms with Crippen LogP contribution in [0.15, 0.2) is 48.5 Å². The molecule has 1 unspecified atom stereocenters. The molecule has 0 aromatic heterocycles. The molecule has 2 rings (SSSR count). The molecule has 2 aromatic rings. The van der Waals surface area contributed by atoms with Gasteiger partial charge in [-0.15, -0.1) is 0 Å². The number of aryl methyl sites for hydroxylation is 1. The lowest BCUT2D eigenvalue weighted by Gasteiger charge is -2.33. The second-order valence-electron chi connectivity index (χ2n) is 5.86. The van der Waals surface area contributed by atoms with Crippen molar-refractivity contribution in [2.45, 2.75) is 37.9 Å². The van der Waals surface area contributed by atoms with Gasteiger partial charge in [0.15, 0.2) is 0 Å². The van der Waals surface area contributed by atoms with E-state index in [-0.39, 0.29) is 11.3 Å². The Kier molecular flexibility index (Phi) is 5.28. The summed E-state index contributed by atoms with van der Waals surface area (Å²) in [4.78, 5) is 0. The molecule has 0 spiro atoms. The molecule has 0 amide bonds. The first-order chi connectivity index (χ1) is 11.9. The van der Waals surface area contributed by atoms with Gasteiger partial charge in [-0.3, -0.25) is 0 Å². The molecule has 0 aliphatic heterocycles. The predicted molar refractivity (Wildman–Crippen MR) is 82.7 cm³/mol. The van der Waals surface area contributed by atoms with Crippen LogP contribution in [0.5, 0.6) is 5.75 Å². The van der Waals surface area contributed by atoms with Crippen LogP contribution in [0.2, 0.25) is 0 Å². The lowest BCUT2D eigenvalue weighted by molar-refractivity contribution is -0.376. The molecule has 0 fully saturated rings. The van der Waals surface area contributed by atoms with Crippen molar-refractivity contribution in [2.75, 3.05) is 0 Å². The Morgan fingerprint density at radius 3 is 1.88 bits per heavy atom. The summed E-state index contributed by atoms with van der Waals surface area (Å²) in [5, 5.41) is 9.44. The molecule has 2 aromatic carbocycles. The van der Waals surface area contributed by atoms with E-state index in [1.807, 2.05) is 0 Å². The summed E-state index contributed by atoms with van der Waals surface area (Å²) in [7, 11) is 0. The Bertz CT molecular complexity index is 739. The van der Waals surface area contributed by atoms with E-state index in [1.54, 1.807) is 37.3 Å². The van der Waals surface area contributed by atoms with Gasteiger partial charge in [0.2, 0.25) is 0 Å². The molecule has 0 aliphatic carbocycles. The van der Waals surface area contributed by atoms with E-state index in [0.29, 0.717) is 12.1 Å². The molecule has 142 valence electrons. The smallest absolute Gasteiger partial charge is 0.430 e. The molecule has 0 radical (unpaired) electrons. The first-order valence-corrected chi connectivity index (χ1v) is 7.56. The van der Waals surface area contributed by atoms with Crippen LogP contribution < -0.4 is 4.74 Å². The van der Waals surface area contributed by atoms with Crippen LogP contribution in [0.25, 0.3) is 0 Å². The zero-order chi connectivity index (χ0) is 19.8. The number of rotatable bonds is 4. The van der Waals surface area contributed by atoms with Crippen molar-refractivity contribution in [1.82, 2.24) is 0 Å².